The average molecular weight is 520 g/mol. The molecule has 8 heteroatoms. The molecule has 3 aromatic carbocycles. The van der Waals surface area contributed by atoms with Gasteiger partial charge in [0.1, 0.15) is 5.75 Å². The molecule has 0 unspecified atom stereocenters. The zero-order valence-electron chi connectivity index (χ0n) is 21.1. The number of rotatable bonds is 7. The molecule has 0 aliphatic carbocycles. The van der Waals surface area contributed by atoms with Crippen molar-refractivity contribution in [3.8, 4) is 5.75 Å². The monoisotopic (exact) mass is 519 g/mol. The van der Waals surface area contributed by atoms with E-state index in [-0.39, 0.29) is 17.3 Å². The van der Waals surface area contributed by atoms with E-state index in [0.29, 0.717) is 18.0 Å². The summed E-state index contributed by atoms with van der Waals surface area (Å²) in [6.07, 6.45) is 2.88. The fourth-order valence-corrected chi connectivity index (χ4v) is 6.38. The highest BCUT2D eigenvalue weighted by atomic mass is 32.2. The number of fused-ring (bicyclic) bond motifs is 1. The van der Waals surface area contributed by atoms with Crippen LogP contribution in [0.3, 0.4) is 0 Å². The molecule has 194 valence electrons. The Bertz CT molecular complexity index is 1340. The molecule has 0 bridgehead atoms. The van der Waals surface area contributed by atoms with Crippen molar-refractivity contribution < 1.29 is 17.9 Å². The van der Waals surface area contributed by atoms with Gasteiger partial charge in [-0.05, 0) is 73.8 Å². The molecule has 0 spiro atoms. The Morgan fingerprint density at radius 3 is 2.38 bits per heavy atom. The topological polar surface area (TPSA) is 79.0 Å². The lowest BCUT2D eigenvalue weighted by molar-refractivity contribution is -0.127. The first kappa shape index (κ1) is 25.3. The molecule has 2 aliphatic rings. The number of sulfonamides is 1. The molecule has 0 saturated carbocycles. The highest BCUT2D eigenvalue weighted by Gasteiger charge is 2.37. The summed E-state index contributed by atoms with van der Waals surface area (Å²) < 4.78 is 34.3. The fraction of sp³-hybridized carbons (Fsp3) is 0.345. The summed E-state index contributed by atoms with van der Waals surface area (Å²) >= 11 is 0. The second-order valence-electron chi connectivity index (χ2n) is 9.80. The van der Waals surface area contributed by atoms with E-state index >= 15 is 0 Å². The molecule has 1 fully saturated rings. The largest absolute Gasteiger partial charge is 0.476 e. The number of likely N-dealkylation sites (tertiary alicyclic amines) is 1. The van der Waals surface area contributed by atoms with E-state index < -0.39 is 16.1 Å². The summed E-state index contributed by atoms with van der Waals surface area (Å²) in [6, 6.07) is 21.9. The maximum absolute atomic E-state index is 13.5. The van der Waals surface area contributed by atoms with Crippen LogP contribution in [0.15, 0.2) is 77.7 Å². The van der Waals surface area contributed by atoms with Gasteiger partial charge in [0.05, 0.1) is 17.1 Å². The second-order valence-corrected chi connectivity index (χ2v) is 11.7. The molecule has 5 rings (SSSR count). The Hall–Kier alpha value is -3.36. The van der Waals surface area contributed by atoms with Crippen LogP contribution in [0.1, 0.15) is 36.0 Å². The van der Waals surface area contributed by atoms with E-state index in [4.69, 9.17) is 4.74 Å². The van der Waals surface area contributed by atoms with Gasteiger partial charge >= 0.3 is 0 Å². The highest BCUT2D eigenvalue weighted by molar-refractivity contribution is 7.92. The third kappa shape index (κ3) is 5.81. The van der Waals surface area contributed by atoms with Crippen LogP contribution < -0.4 is 14.4 Å². The van der Waals surface area contributed by atoms with Gasteiger partial charge in [-0.15, -0.1) is 0 Å². The smallest absolute Gasteiger partial charge is 0.264 e. The number of carbonyl (C=O) groups excluding carboxylic acids is 1. The minimum Gasteiger partial charge on any atom is -0.476 e. The second kappa shape index (κ2) is 10.9. The number of benzene rings is 3. The van der Waals surface area contributed by atoms with E-state index in [0.717, 1.165) is 30.8 Å². The molecular weight excluding hydrogens is 486 g/mol. The Balaban J connectivity index is 1.27. The lowest BCUT2D eigenvalue weighted by atomic mass is 10.1. The van der Waals surface area contributed by atoms with E-state index in [2.05, 4.69) is 22.3 Å². The summed E-state index contributed by atoms with van der Waals surface area (Å²) in [7, 11) is -3.87. The molecule has 2 heterocycles. The van der Waals surface area contributed by atoms with Crippen LogP contribution in [0, 0.1) is 6.92 Å². The zero-order chi connectivity index (χ0) is 25.8. The molecule has 7 nitrogen and oxygen atoms in total. The van der Waals surface area contributed by atoms with E-state index in [1.165, 1.54) is 29.1 Å². The Labute approximate surface area is 219 Å². The van der Waals surface area contributed by atoms with Gasteiger partial charge in [0.2, 0.25) is 0 Å². The van der Waals surface area contributed by atoms with Crippen LogP contribution in [-0.2, 0) is 27.9 Å². The molecule has 0 radical (unpaired) electrons. The van der Waals surface area contributed by atoms with Crippen molar-refractivity contribution in [3.05, 3.63) is 89.5 Å². The average Bonchev–Trinajstić information content (AvgIpc) is 2.92. The molecule has 37 heavy (non-hydrogen) atoms. The quantitative estimate of drug-likeness (QED) is 0.505. The lowest BCUT2D eigenvalue weighted by Crippen LogP contribution is -2.50. The number of hydrogen-bond acceptors (Lipinski definition) is 5. The van der Waals surface area contributed by atoms with Crippen LogP contribution >= 0.6 is 0 Å². The Morgan fingerprint density at radius 2 is 1.65 bits per heavy atom. The number of anilines is 1. The highest BCUT2D eigenvalue weighted by Crippen LogP contribution is 2.37. The van der Waals surface area contributed by atoms with Crippen molar-refractivity contribution in [1.29, 1.82) is 0 Å². The number of nitrogens with one attached hydrogen (secondary N) is 1. The number of hydrogen-bond donors (Lipinski definition) is 1. The van der Waals surface area contributed by atoms with Crippen LogP contribution in [-0.4, -0.2) is 45.0 Å². The molecular formula is C29H33N3O4S. The third-order valence-electron chi connectivity index (χ3n) is 6.95. The maximum atomic E-state index is 13.5. The van der Waals surface area contributed by atoms with Gasteiger partial charge in [-0.1, -0.05) is 55.0 Å². The van der Waals surface area contributed by atoms with Crippen LogP contribution in [0.2, 0.25) is 0 Å². The summed E-state index contributed by atoms with van der Waals surface area (Å²) in [5.74, 6) is 0.0331. The minimum atomic E-state index is -3.87. The predicted molar refractivity (Wildman–Crippen MR) is 144 cm³/mol. The van der Waals surface area contributed by atoms with Gasteiger partial charge in [-0.25, -0.2) is 8.42 Å². The molecule has 2 aliphatic heterocycles. The van der Waals surface area contributed by atoms with Gasteiger partial charge in [0, 0.05) is 13.1 Å². The van der Waals surface area contributed by atoms with Gasteiger partial charge in [0.15, 0.2) is 6.10 Å². The molecule has 1 N–H and O–H groups in total. The summed E-state index contributed by atoms with van der Waals surface area (Å²) in [4.78, 5) is 15.8. The van der Waals surface area contributed by atoms with E-state index in [1.807, 2.05) is 25.1 Å². The van der Waals surface area contributed by atoms with Gasteiger partial charge < -0.3 is 10.1 Å². The first-order chi connectivity index (χ1) is 17.9. The number of aryl methyl sites for hydroxylation is 1. The summed E-state index contributed by atoms with van der Waals surface area (Å²) in [5.41, 5.74) is 3.60. The number of amides is 1. The predicted octanol–water partition coefficient (Wildman–Crippen LogP) is 4.25. The Morgan fingerprint density at radius 1 is 0.946 bits per heavy atom. The van der Waals surface area contributed by atoms with Crippen molar-refractivity contribution in [2.45, 2.75) is 50.3 Å². The van der Waals surface area contributed by atoms with Gasteiger partial charge in [-0.3, -0.25) is 14.0 Å². The normalized spacial score (nSPS) is 18.1. The van der Waals surface area contributed by atoms with Crippen molar-refractivity contribution in [3.63, 3.8) is 0 Å². The van der Waals surface area contributed by atoms with E-state index in [9.17, 15) is 13.2 Å². The first-order valence-electron chi connectivity index (χ1n) is 12.8. The van der Waals surface area contributed by atoms with Crippen LogP contribution in [0.25, 0.3) is 0 Å². The fourth-order valence-electron chi connectivity index (χ4n) is 4.89. The molecule has 3 aromatic rings. The van der Waals surface area contributed by atoms with Gasteiger partial charge in [-0.2, -0.15) is 0 Å². The van der Waals surface area contributed by atoms with Crippen molar-refractivity contribution >= 4 is 21.6 Å². The van der Waals surface area contributed by atoms with Crippen LogP contribution in [0.4, 0.5) is 5.69 Å². The summed E-state index contributed by atoms with van der Waals surface area (Å²) in [5, 5.41) is 2.93. The van der Waals surface area contributed by atoms with E-state index in [1.54, 1.807) is 42.5 Å². The maximum Gasteiger partial charge on any atom is 0.264 e. The standard InChI is InChI=1S/C29H33N3O4S/c1-22-10-15-26-27(18-22)36-28(21-32(26)37(34,35)25-8-4-2-5-9-25)29(33)30-19-23-11-13-24(14-12-23)20-31-16-6-3-7-17-31/h2,4-5,8-15,18,28H,3,6-7,16-17,19-21H2,1H3,(H,30,33)/t28-/m1/s1. The van der Waals surface area contributed by atoms with Crippen molar-refractivity contribution in [1.82, 2.24) is 10.2 Å². The molecule has 0 aromatic heterocycles. The van der Waals surface area contributed by atoms with Crippen molar-refractivity contribution in [2.24, 2.45) is 0 Å². The summed E-state index contributed by atoms with van der Waals surface area (Å²) in [6.45, 7) is 5.39. The SMILES string of the molecule is Cc1ccc2c(c1)O[C@@H](C(=O)NCc1ccc(CN3CCCCC3)cc1)CN2S(=O)(=O)c1ccccc1. The van der Waals surface area contributed by atoms with Gasteiger partial charge in [0.25, 0.3) is 15.9 Å². The molecule has 1 atom stereocenters. The lowest BCUT2D eigenvalue weighted by Gasteiger charge is -2.35. The minimum absolute atomic E-state index is 0.103. The number of piperidine rings is 1. The number of carbonyl (C=O) groups is 1. The third-order valence-corrected chi connectivity index (χ3v) is 8.75. The van der Waals surface area contributed by atoms with Crippen molar-refractivity contribution in [2.75, 3.05) is 23.9 Å². The number of ether oxygens (including phenoxy) is 1. The molecule has 1 saturated heterocycles. The molecule has 1 amide bonds. The zero-order valence-corrected chi connectivity index (χ0v) is 21.9. The Kier molecular flexibility index (Phi) is 7.48. The number of nitrogens with zero attached hydrogens (tertiary/aromatic N) is 2. The first-order valence-corrected chi connectivity index (χ1v) is 14.3. The van der Waals surface area contributed by atoms with Crippen LogP contribution in [0.5, 0.6) is 5.75 Å².